The third kappa shape index (κ3) is 5.30. The summed E-state index contributed by atoms with van der Waals surface area (Å²) < 4.78 is 3.01. The topological polar surface area (TPSA) is 72.2 Å². The molecule has 1 aromatic heterocycles. The molecule has 2 aromatic rings. The first kappa shape index (κ1) is 20.2. The van der Waals surface area contributed by atoms with Gasteiger partial charge in [0.2, 0.25) is 5.91 Å². The van der Waals surface area contributed by atoms with Gasteiger partial charge in [0.05, 0.1) is 0 Å². The van der Waals surface area contributed by atoms with Gasteiger partial charge in [-0.3, -0.25) is 9.36 Å². The van der Waals surface area contributed by atoms with Crippen molar-refractivity contribution in [2.45, 2.75) is 45.2 Å². The van der Waals surface area contributed by atoms with Crippen LogP contribution >= 0.6 is 11.8 Å². The van der Waals surface area contributed by atoms with Gasteiger partial charge in [0.1, 0.15) is 12.4 Å². The van der Waals surface area contributed by atoms with Gasteiger partial charge in [0.25, 0.3) is 0 Å². The number of benzene rings is 1. The van der Waals surface area contributed by atoms with Crippen LogP contribution in [-0.4, -0.2) is 56.3 Å². The molecule has 1 N–H and O–H groups in total. The Morgan fingerprint density at radius 3 is 2.66 bits per heavy atom. The summed E-state index contributed by atoms with van der Waals surface area (Å²) in [6.45, 7) is 4.09. The molecule has 2 aliphatic heterocycles. The van der Waals surface area contributed by atoms with Crippen LogP contribution < -0.4 is 11.0 Å². The van der Waals surface area contributed by atoms with E-state index in [1.807, 2.05) is 23.9 Å². The molecule has 1 fully saturated rings. The molecule has 8 heteroatoms. The van der Waals surface area contributed by atoms with Gasteiger partial charge in [-0.1, -0.05) is 18.6 Å². The van der Waals surface area contributed by atoms with Crippen molar-refractivity contribution in [3.05, 3.63) is 46.1 Å². The second kappa shape index (κ2) is 9.63. The van der Waals surface area contributed by atoms with Crippen LogP contribution in [-0.2, 0) is 30.7 Å². The van der Waals surface area contributed by atoms with Crippen molar-refractivity contribution >= 4 is 23.4 Å². The number of nitrogens with zero attached hydrogens (tertiary/aromatic N) is 4. The second-order valence-corrected chi connectivity index (χ2v) is 8.99. The predicted molar refractivity (Wildman–Crippen MR) is 117 cm³/mol. The van der Waals surface area contributed by atoms with Crippen molar-refractivity contribution < 1.29 is 4.79 Å². The lowest BCUT2D eigenvalue weighted by atomic mass is 10.1. The molecule has 0 saturated carbocycles. The third-order valence-corrected chi connectivity index (χ3v) is 6.58. The van der Waals surface area contributed by atoms with E-state index in [-0.39, 0.29) is 18.1 Å². The molecule has 0 unspecified atom stereocenters. The molecule has 29 heavy (non-hydrogen) atoms. The number of carbonyl (C=O) groups is 1. The van der Waals surface area contributed by atoms with Crippen LogP contribution in [0.1, 0.15) is 30.7 Å². The molecular weight excluding hydrogens is 386 g/mol. The smallest absolute Gasteiger partial charge is 0.324 e. The number of amides is 1. The molecule has 1 saturated heterocycles. The Hall–Kier alpha value is -2.06. The zero-order chi connectivity index (χ0) is 20.1. The fourth-order valence-corrected chi connectivity index (χ4v) is 4.91. The Balaban J connectivity index is 1.30. The molecule has 0 atom stereocenters. The van der Waals surface area contributed by atoms with Gasteiger partial charge in [0.15, 0.2) is 0 Å². The van der Waals surface area contributed by atoms with E-state index >= 15 is 0 Å². The maximum atomic E-state index is 12.5. The fourth-order valence-electron chi connectivity index (χ4n) is 3.93. The van der Waals surface area contributed by atoms with Crippen LogP contribution in [0.15, 0.2) is 29.1 Å². The summed E-state index contributed by atoms with van der Waals surface area (Å²) in [5.74, 6) is 3.04. The zero-order valence-electron chi connectivity index (χ0n) is 16.8. The fraction of sp³-hybridized carbons (Fsp3) is 0.571. The Bertz CT molecular complexity index is 883. The second-order valence-electron chi connectivity index (χ2n) is 7.77. The summed E-state index contributed by atoms with van der Waals surface area (Å²) in [5, 5.41) is 7.26. The molecular formula is C21H29N5O2S. The minimum Gasteiger partial charge on any atom is -0.324 e. The van der Waals surface area contributed by atoms with Gasteiger partial charge in [-0.25, -0.2) is 9.48 Å². The van der Waals surface area contributed by atoms with Crippen LogP contribution in [0.2, 0.25) is 0 Å². The first-order valence-electron chi connectivity index (χ1n) is 10.5. The van der Waals surface area contributed by atoms with Crippen molar-refractivity contribution in [2.75, 3.05) is 36.5 Å². The Morgan fingerprint density at radius 2 is 1.86 bits per heavy atom. The summed E-state index contributed by atoms with van der Waals surface area (Å²) in [7, 11) is 0. The Morgan fingerprint density at radius 1 is 1.07 bits per heavy atom. The summed E-state index contributed by atoms with van der Waals surface area (Å²) in [5.41, 5.74) is 1.85. The average molecular weight is 416 g/mol. The lowest BCUT2D eigenvalue weighted by Gasteiger charge is -2.26. The number of hydrogen-bond donors (Lipinski definition) is 1. The van der Waals surface area contributed by atoms with Crippen molar-refractivity contribution in [3.63, 3.8) is 0 Å². The van der Waals surface area contributed by atoms with E-state index in [1.165, 1.54) is 34.8 Å². The van der Waals surface area contributed by atoms with Crippen molar-refractivity contribution in [3.8, 4) is 0 Å². The number of thioether (sulfide) groups is 1. The molecule has 7 nitrogen and oxygen atoms in total. The average Bonchev–Trinajstić information content (AvgIpc) is 2.90. The van der Waals surface area contributed by atoms with E-state index in [2.05, 4.69) is 27.4 Å². The predicted octanol–water partition coefficient (Wildman–Crippen LogP) is 2.00. The standard InChI is InChI=1S/C21H29N5O2S/c27-20(16-26-21(28)25-10-3-1-2-4-19(25)23-26)22-18-7-5-17(6-8-18)9-11-24-12-14-29-15-13-24/h5-8H,1-4,9-16H2,(H,22,27). The van der Waals surface area contributed by atoms with Crippen molar-refractivity contribution in [2.24, 2.45) is 0 Å². The minimum absolute atomic E-state index is 0.0481. The first-order valence-corrected chi connectivity index (χ1v) is 11.7. The van der Waals surface area contributed by atoms with E-state index in [0.29, 0.717) is 6.54 Å². The highest BCUT2D eigenvalue weighted by atomic mass is 32.2. The molecule has 0 bridgehead atoms. The summed E-state index contributed by atoms with van der Waals surface area (Å²) in [6.07, 6.45) is 4.99. The number of fused-ring (bicyclic) bond motifs is 1. The maximum absolute atomic E-state index is 12.5. The van der Waals surface area contributed by atoms with Gasteiger partial charge in [0, 0.05) is 49.8 Å². The van der Waals surface area contributed by atoms with E-state index < -0.39 is 0 Å². The van der Waals surface area contributed by atoms with E-state index in [1.54, 1.807) is 4.57 Å². The summed E-state index contributed by atoms with van der Waals surface area (Å²) in [4.78, 5) is 27.4. The molecule has 156 valence electrons. The van der Waals surface area contributed by atoms with Crippen LogP contribution in [0, 0.1) is 0 Å². The SMILES string of the molecule is O=C(Cn1nc2n(c1=O)CCCCC2)Nc1ccc(CCN2CCSCC2)cc1. The minimum atomic E-state index is -0.223. The lowest BCUT2D eigenvalue weighted by Crippen LogP contribution is -2.34. The third-order valence-electron chi connectivity index (χ3n) is 5.63. The molecule has 2 aliphatic rings. The molecule has 0 spiro atoms. The van der Waals surface area contributed by atoms with Crippen LogP contribution in [0.25, 0.3) is 0 Å². The summed E-state index contributed by atoms with van der Waals surface area (Å²) in [6, 6.07) is 8.01. The number of rotatable bonds is 6. The quantitative estimate of drug-likeness (QED) is 0.781. The molecule has 3 heterocycles. The number of anilines is 1. The van der Waals surface area contributed by atoms with E-state index in [4.69, 9.17) is 0 Å². The van der Waals surface area contributed by atoms with Gasteiger partial charge in [-0.15, -0.1) is 0 Å². The summed E-state index contributed by atoms with van der Waals surface area (Å²) >= 11 is 2.03. The number of carbonyl (C=O) groups excluding carboxylic acids is 1. The zero-order valence-corrected chi connectivity index (χ0v) is 17.6. The van der Waals surface area contributed by atoms with Crippen molar-refractivity contribution in [1.82, 2.24) is 19.2 Å². The number of hydrogen-bond acceptors (Lipinski definition) is 5. The molecule has 0 radical (unpaired) electrons. The van der Waals surface area contributed by atoms with Crippen LogP contribution in [0.3, 0.4) is 0 Å². The molecule has 0 aliphatic carbocycles. The largest absolute Gasteiger partial charge is 0.346 e. The monoisotopic (exact) mass is 415 g/mol. The van der Waals surface area contributed by atoms with Gasteiger partial charge in [-0.2, -0.15) is 16.9 Å². The molecule has 4 rings (SSSR count). The lowest BCUT2D eigenvalue weighted by molar-refractivity contribution is -0.117. The molecule has 1 amide bonds. The highest BCUT2D eigenvalue weighted by Crippen LogP contribution is 2.13. The molecule has 1 aromatic carbocycles. The number of aromatic nitrogens is 3. The van der Waals surface area contributed by atoms with Crippen LogP contribution in [0.5, 0.6) is 0 Å². The van der Waals surface area contributed by atoms with Crippen molar-refractivity contribution in [1.29, 1.82) is 0 Å². The van der Waals surface area contributed by atoms with Crippen LogP contribution in [0.4, 0.5) is 5.69 Å². The highest BCUT2D eigenvalue weighted by molar-refractivity contribution is 7.99. The Kier molecular flexibility index (Phi) is 6.71. The van der Waals surface area contributed by atoms with Gasteiger partial charge < -0.3 is 10.2 Å². The first-order chi connectivity index (χ1) is 14.2. The van der Waals surface area contributed by atoms with Gasteiger partial charge in [-0.05, 0) is 37.0 Å². The number of aryl methyl sites for hydroxylation is 1. The number of nitrogens with one attached hydrogen (secondary N) is 1. The van der Waals surface area contributed by atoms with E-state index in [9.17, 15) is 9.59 Å². The van der Waals surface area contributed by atoms with Gasteiger partial charge >= 0.3 is 5.69 Å². The Labute approximate surface area is 175 Å². The maximum Gasteiger partial charge on any atom is 0.346 e. The highest BCUT2D eigenvalue weighted by Gasteiger charge is 2.17. The normalized spacial score (nSPS) is 17.5. The van der Waals surface area contributed by atoms with E-state index in [0.717, 1.165) is 50.2 Å².